The van der Waals surface area contributed by atoms with Crippen molar-refractivity contribution in [2.24, 2.45) is 5.92 Å². The molecule has 2 heterocycles. The monoisotopic (exact) mass is 379 g/mol. The maximum Gasteiger partial charge on any atom is 0.232 e. The van der Waals surface area contributed by atoms with Gasteiger partial charge >= 0.3 is 0 Å². The fourth-order valence-electron chi connectivity index (χ4n) is 3.48. The molecule has 0 aromatic heterocycles. The molecule has 0 spiro atoms. The van der Waals surface area contributed by atoms with Crippen molar-refractivity contribution in [1.82, 2.24) is 5.32 Å². The van der Waals surface area contributed by atoms with Crippen LogP contribution in [0.5, 0.6) is 0 Å². The highest BCUT2D eigenvalue weighted by Crippen LogP contribution is 2.37. The van der Waals surface area contributed by atoms with Crippen LogP contribution in [-0.2, 0) is 14.3 Å². The first kappa shape index (κ1) is 18.2. The van der Waals surface area contributed by atoms with Gasteiger partial charge in [-0.05, 0) is 50.0 Å². The number of ether oxygens (including phenoxy) is 2. The third-order valence-corrected chi connectivity index (χ3v) is 8.07. The number of halogens is 1. The summed E-state index contributed by atoms with van der Waals surface area (Å²) in [6.45, 7) is 3.19. The predicted molar refractivity (Wildman–Crippen MR) is 97.4 cm³/mol. The molecule has 0 aromatic carbocycles. The van der Waals surface area contributed by atoms with Crippen LogP contribution in [0.3, 0.4) is 0 Å². The Balaban J connectivity index is 1.36. The minimum Gasteiger partial charge on any atom is -0.354 e. The van der Waals surface area contributed by atoms with Crippen LogP contribution in [0.25, 0.3) is 0 Å². The van der Waals surface area contributed by atoms with E-state index in [0.717, 1.165) is 25.1 Å². The summed E-state index contributed by atoms with van der Waals surface area (Å²) in [6, 6.07) is 0. The quantitative estimate of drug-likeness (QED) is 0.719. The maximum atomic E-state index is 12.2. The molecule has 23 heavy (non-hydrogen) atoms. The van der Waals surface area contributed by atoms with Crippen molar-refractivity contribution < 1.29 is 14.3 Å². The Morgan fingerprint density at radius 3 is 3.09 bits per heavy atom. The molecule has 3 aliphatic rings. The van der Waals surface area contributed by atoms with Crippen LogP contribution >= 0.6 is 35.1 Å². The zero-order valence-corrected chi connectivity index (χ0v) is 15.9. The normalized spacial score (nSPS) is 38.3. The Bertz CT molecular complexity index is 409. The molecule has 6 atom stereocenters. The van der Waals surface area contributed by atoms with Crippen LogP contribution in [-0.4, -0.2) is 58.8 Å². The molecular formula is C16H26ClNO3S2. The van der Waals surface area contributed by atoms with E-state index >= 15 is 0 Å². The number of hydrogen-bond acceptors (Lipinski definition) is 5. The van der Waals surface area contributed by atoms with E-state index in [1.807, 2.05) is 18.7 Å². The van der Waals surface area contributed by atoms with Gasteiger partial charge in [0.25, 0.3) is 0 Å². The number of carbonyl (C=O) groups is 1. The molecule has 1 aliphatic carbocycles. The van der Waals surface area contributed by atoms with Gasteiger partial charge in [-0.1, -0.05) is 0 Å². The van der Waals surface area contributed by atoms with Crippen molar-refractivity contribution >= 4 is 41.0 Å². The van der Waals surface area contributed by atoms with E-state index in [0.29, 0.717) is 18.0 Å². The smallest absolute Gasteiger partial charge is 0.232 e. The predicted octanol–water partition coefficient (Wildman–Crippen LogP) is 2.88. The Morgan fingerprint density at radius 1 is 1.43 bits per heavy atom. The molecule has 5 unspecified atom stereocenters. The standard InChI is InChI=1S/C16H26ClNO3S2/c1-10(16(19)18-7-12-3-2-4-22-12)23-8-11-5-13(17)15-14(6-11)20-9-21-15/h10-15H,2-9H2,1H3,(H,18,19)/t10-,11?,12?,13?,14?,15?/m1/s1. The Hall–Kier alpha value is 0.380. The molecule has 4 nitrogen and oxygen atoms in total. The van der Waals surface area contributed by atoms with Gasteiger partial charge < -0.3 is 14.8 Å². The van der Waals surface area contributed by atoms with Crippen molar-refractivity contribution in [3.8, 4) is 0 Å². The van der Waals surface area contributed by atoms with Crippen molar-refractivity contribution in [2.75, 3.05) is 24.8 Å². The first-order valence-electron chi connectivity index (χ1n) is 8.51. The minimum atomic E-state index is -0.00588. The molecule has 2 saturated heterocycles. The number of carbonyl (C=O) groups excluding carboxylic acids is 1. The Morgan fingerprint density at radius 2 is 2.30 bits per heavy atom. The highest BCUT2D eigenvalue weighted by Gasteiger charge is 2.41. The van der Waals surface area contributed by atoms with Crippen LogP contribution < -0.4 is 5.32 Å². The first-order chi connectivity index (χ1) is 11.1. The van der Waals surface area contributed by atoms with E-state index < -0.39 is 0 Å². The van der Waals surface area contributed by atoms with E-state index in [2.05, 4.69) is 5.32 Å². The van der Waals surface area contributed by atoms with Gasteiger partial charge in [0.05, 0.1) is 16.7 Å². The van der Waals surface area contributed by atoms with Gasteiger partial charge in [-0.2, -0.15) is 11.8 Å². The first-order valence-corrected chi connectivity index (χ1v) is 11.0. The van der Waals surface area contributed by atoms with E-state index in [1.165, 1.54) is 18.6 Å². The van der Waals surface area contributed by atoms with Gasteiger partial charge in [0, 0.05) is 11.8 Å². The molecular weight excluding hydrogens is 354 g/mol. The third kappa shape index (κ3) is 4.94. The second-order valence-electron chi connectivity index (χ2n) is 6.66. The zero-order valence-electron chi connectivity index (χ0n) is 13.5. The fourth-order valence-corrected chi connectivity index (χ4v) is 6.24. The topological polar surface area (TPSA) is 47.6 Å². The summed E-state index contributed by atoms with van der Waals surface area (Å²) in [5, 5.41) is 3.75. The molecule has 0 bridgehead atoms. The lowest BCUT2D eigenvalue weighted by Gasteiger charge is -2.33. The SMILES string of the molecule is C[C@@H](SCC1CC(Cl)C2OCOC2C1)C(=O)NCC1CCCS1. The van der Waals surface area contributed by atoms with Crippen molar-refractivity contribution in [2.45, 2.75) is 60.7 Å². The molecule has 3 rings (SSSR count). The van der Waals surface area contributed by atoms with Crippen molar-refractivity contribution in [1.29, 1.82) is 0 Å². The molecule has 1 amide bonds. The summed E-state index contributed by atoms with van der Waals surface area (Å²) < 4.78 is 11.1. The van der Waals surface area contributed by atoms with Gasteiger partial charge in [0.2, 0.25) is 5.91 Å². The van der Waals surface area contributed by atoms with Gasteiger partial charge in [-0.15, -0.1) is 23.4 Å². The maximum absolute atomic E-state index is 12.2. The summed E-state index contributed by atoms with van der Waals surface area (Å²) in [5.74, 6) is 2.87. The number of amides is 1. The van der Waals surface area contributed by atoms with Crippen LogP contribution in [0.1, 0.15) is 32.6 Å². The van der Waals surface area contributed by atoms with E-state index in [1.54, 1.807) is 11.8 Å². The van der Waals surface area contributed by atoms with Gasteiger partial charge in [-0.3, -0.25) is 4.79 Å². The zero-order chi connectivity index (χ0) is 16.2. The minimum absolute atomic E-state index is 0.00588. The third-order valence-electron chi connectivity index (χ3n) is 4.87. The molecule has 0 aromatic rings. The van der Waals surface area contributed by atoms with E-state index in [9.17, 15) is 4.79 Å². The summed E-state index contributed by atoms with van der Waals surface area (Å²) in [5.41, 5.74) is 0. The second-order valence-corrected chi connectivity index (χ2v) is 10.0. The number of thioether (sulfide) groups is 2. The molecule has 3 fully saturated rings. The summed E-state index contributed by atoms with van der Waals surface area (Å²) >= 11 is 10.1. The van der Waals surface area contributed by atoms with Crippen molar-refractivity contribution in [3.63, 3.8) is 0 Å². The van der Waals surface area contributed by atoms with Gasteiger partial charge in [0.1, 0.15) is 12.9 Å². The molecule has 1 N–H and O–H groups in total. The summed E-state index contributed by atoms with van der Waals surface area (Å²) in [4.78, 5) is 12.2. The Labute approximate surface area is 152 Å². The van der Waals surface area contributed by atoms with Crippen molar-refractivity contribution in [3.05, 3.63) is 0 Å². The molecule has 2 aliphatic heterocycles. The van der Waals surface area contributed by atoms with Crippen LogP contribution in [0.4, 0.5) is 0 Å². The lowest BCUT2D eigenvalue weighted by atomic mass is 9.86. The van der Waals surface area contributed by atoms with Crippen LogP contribution in [0, 0.1) is 5.92 Å². The fraction of sp³-hybridized carbons (Fsp3) is 0.938. The van der Waals surface area contributed by atoms with E-state index in [4.69, 9.17) is 21.1 Å². The van der Waals surface area contributed by atoms with E-state index in [-0.39, 0.29) is 28.7 Å². The number of fused-ring (bicyclic) bond motifs is 1. The number of rotatable bonds is 6. The average Bonchev–Trinajstić information content (AvgIpc) is 3.21. The average molecular weight is 380 g/mol. The molecule has 1 saturated carbocycles. The van der Waals surface area contributed by atoms with Gasteiger partial charge in [0.15, 0.2) is 0 Å². The molecule has 7 heteroatoms. The highest BCUT2D eigenvalue weighted by molar-refractivity contribution is 8.00. The number of alkyl halides is 1. The lowest BCUT2D eigenvalue weighted by molar-refractivity contribution is -0.120. The molecule has 0 radical (unpaired) electrons. The lowest BCUT2D eigenvalue weighted by Crippen LogP contribution is -2.41. The second kappa shape index (κ2) is 8.65. The van der Waals surface area contributed by atoms with Crippen LogP contribution in [0.15, 0.2) is 0 Å². The Kier molecular flexibility index (Phi) is 6.84. The highest BCUT2D eigenvalue weighted by atomic mass is 35.5. The van der Waals surface area contributed by atoms with Crippen LogP contribution in [0.2, 0.25) is 0 Å². The summed E-state index contributed by atoms with van der Waals surface area (Å²) in [6.07, 6.45) is 4.66. The summed E-state index contributed by atoms with van der Waals surface area (Å²) in [7, 11) is 0. The number of nitrogens with one attached hydrogen (secondary N) is 1. The largest absolute Gasteiger partial charge is 0.354 e. The molecule has 132 valence electrons. The number of hydrogen-bond donors (Lipinski definition) is 1. The van der Waals surface area contributed by atoms with Gasteiger partial charge in [-0.25, -0.2) is 0 Å².